The third-order valence-corrected chi connectivity index (χ3v) is 3.95. The Morgan fingerprint density at radius 3 is 3.00 bits per heavy atom. The third-order valence-electron chi connectivity index (χ3n) is 3.05. The van der Waals surface area contributed by atoms with Crippen LogP contribution in [0.3, 0.4) is 0 Å². The van der Waals surface area contributed by atoms with Crippen molar-refractivity contribution in [3.05, 3.63) is 46.4 Å². The van der Waals surface area contributed by atoms with Gasteiger partial charge in [-0.25, -0.2) is 9.78 Å². The number of aromatic nitrogens is 2. The van der Waals surface area contributed by atoms with Crippen LogP contribution in [0.25, 0.3) is 16.7 Å². The Bertz CT molecular complexity index is 773. The molecule has 0 aliphatic carbocycles. The van der Waals surface area contributed by atoms with Gasteiger partial charge in [-0.1, -0.05) is 12.1 Å². The Morgan fingerprint density at radius 2 is 2.20 bits per heavy atom. The van der Waals surface area contributed by atoms with Crippen molar-refractivity contribution in [2.75, 3.05) is 6.61 Å². The number of carbonyl (C=O) groups excluding carboxylic acids is 1. The number of carbonyl (C=O) groups is 1. The molecule has 0 aliphatic heterocycles. The molecule has 0 fully saturated rings. The first-order chi connectivity index (χ1) is 9.70. The molecular formula is C15H14N2O2S. The van der Waals surface area contributed by atoms with Crippen molar-refractivity contribution in [2.45, 2.75) is 13.8 Å². The third kappa shape index (κ3) is 2.10. The number of ether oxygens (including phenoxy) is 1. The number of nitrogens with zero attached hydrogens (tertiary/aromatic N) is 2. The fourth-order valence-corrected chi connectivity index (χ4v) is 2.99. The topological polar surface area (TPSA) is 44.1 Å². The quantitative estimate of drug-likeness (QED) is 0.691. The van der Waals surface area contributed by atoms with E-state index >= 15 is 0 Å². The maximum atomic E-state index is 11.7. The summed E-state index contributed by atoms with van der Waals surface area (Å²) in [5.74, 6) is 0.630. The van der Waals surface area contributed by atoms with E-state index in [4.69, 9.17) is 4.74 Å². The number of aryl methyl sites for hydroxylation is 1. The number of thiophene rings is 1. The molecule has 0 bridgehead atoms. The van der Waals surface area contributed by atoms with Crippen LogP contribution in [0.1, 0.15) is 22.4 Å². The van der Waals surface area contributed by atoms with E-state index in [1.54, 1.807) is 6.92 Å². The first kappa shape index (κ1) is 12.9. The number of para-hydroxylation sites is 2. The summed E-state index contributed by atoms with van der Waals surface area (Å²) < 4.78 is 7.07. The molecule has 0 N–H and O–H groups in total. The van der Waals surface area contributed by atoms with Gasteiger partial charge in [0.1, 0.15) is 10.7 Å². The Morgan fingerprint density at radius 1 is 1.40 bits per heavy atom. The Labute approximate surface area is 120 Å². The van der Waals surface area contributed by atoms with Crippen LogP contribution in [0.15, 0.2) is 35.7 Å². The van der Waals surface area contributed by atoms with E-state index < -0.39 is 0 Å². The highest BCUT2D eigenvalue weighted by molar-refractivity contribution is 7.12. The van der Waals surface area contributed by atoms with Crippen LogP contribution >= 0.6 is 11.3 Å². The number of rotatable bonds is 3. The van der Waals surface area contributed by atoms with Gasteiger partial charge in [-0.05, 0) is 32.0 Å². The number of hydrogen-bond acceptors (Lipinski definition) is 4. The lowest BCUT2D eigenvalue weighted by Crippen LogP contribution is -2.02. The molecule has 3 aromatic rings. The molecule has 0 unspecified atom stereocenters. The highest BCUT2D eigenvalue weighted by Crippen LogP contribution is 2.25. The second-order valence-electron chi connectivity index (χ2n) is 4.37. The Balaban J connectivity index is 2.08. The van der Waals surface area contributed by atoms with Gasteiger partial charge in [-0.2, -0.15) is 0 Å². The van der Waals surface area contributed by atoms with Crippen molar-refractivity contribution < 1.29 is 9.53 Å². The molecule has 5 heteroatoms. The molecule has 0 saturated heterocycles. The number of fused-ring (bicyclic) bond motifs is 1. The second-order valence-corrected chi connectivity index (χ2v) is 5.28. The minimum Gasteiger partial charge on any atom is -0.462 e. The molecular weight excluding hydrogens is 272 g/mol. The fourth-order valence-electron chi connectivity index (χ4n) is 2.23. The largest absolute Gasteiger partial charge is 0.462 e. The average molecular weight is 286 g/mol. The molecule has 0 radical (unpaired) electrons. The summed E-state index contributed by atoms with van der Waals surface area (Å²) in [5.41, 5.74) is 2.94. The average Bonchev–Trinajstić information content (AvgIpc) is 3.01. The maximum Gasteiger partial charge on any atom is 0.348 e. The van der Waals surface area contributed by atoms with Crippen molar-refractivity contribution >= 4 is 28.3 Å². The van der Waals surface area contributed by atoms with Gasteiger partial charge in [0.15, 0.2) is 0 Å². The van der Waals surface area contributed by atoms with Crippen LogP contribution in [-0.4, -0.2) is 22.1 Å². The van der Waals surface area contributed by atoms with Crippen molar-refractivity contribution in [2.24, 2.45) is 0 Å². The van der Waals surface area contributed by atoms with Crippen molar-refractivity contribution in [3.63, 3.8) is 0 Å². The summed E-state index contributed by atoms with van der Waals surface area (Å²) in [6.45, 7) is 4.15. The first-order valence-corrected chi connectivity index (χ1v) is 7.28. The summed E-state index contributed by atoms with van der Waals surface area (Å²) >= 11 is 1.39. The predicted octanol–water partition coefficient (Wildman–Crippen LogP) is 3.57. The lowest BCUT2D eigenvalue weighted by Gasteiger charge is -2.03. The SMILES string of the molecule is CCOC(=O)c1cc(-n2c(C)nc3ccccc32)cs1. The number of imidazole rings is 1. The summed E-state index contributed by atoms with van der Waals surface area (Å²) in [6, 6.07) is 9.81. The molecule has 0 spiro atoms. The van der Waals surface area contributed by atoms with Gasteiger partial charge in [0.2, 0.25) is 0 Å². The zero-order chi connectivity index (χ0) is 14.1. The summed E-state index contributed by atoms with van der Waals surface area (Å²) in [4.78, 5) is 16.9. The van der Waals surface area contributed by atoms with E-state index in [0.717, 1.165) is 22.5 Å². The van der Waals surface area contributed by atoms with E-state index in [9.17, 15) is 4.79 Å². The van der Waals surface area contributed by atoms with Gasteiger partial charge < -0.3 is 4.74 Å². The van der Waals surface area contributed by atoms with Crippen LogP contribution in [0.2, 0.25) is 0 Å². The first-order valence-electron chi connectivity index (χ1n) is 6.41. The van der Waals surface area contributed by atoms with Gasteiger partial charge in [0.25, 0.3) is 0 Å². The molecule has 3 rings (SSSR count). The van der Waals surface area contributed by atoms with Crippen molar-refractivity contribution in [1.29, 1.82) is 0 Å². The highest BCUT2D eigenvalue weighted by Gasteiger charge is 2.14. The summed E-state index contributed by atoms with van der Waals surface area (Å²) in [5, 5.41) is 1.95. The molecule has 1 aromatic carbocycles. The molecule has 102 valence electrons. The van der Waals surface area contributed by atoms with Gasteiger partial charge in [0, 0.05) is 5.38 Å². The number of hydrogen-bond donors (Lipinski definition) is 0. The molecule has 0 amide bonds. The summed E-state index contributed by atoms with van der Waals surface area (Å²) in [6.07, 6.45) is 0. The van der Waals surface area contributed by atoms with E-state index in [0.29, 0.717) is 11.5 Å². The van der Waals surface area contributed by atoms with Crippen LogP contribution in [-0.2, 0) is 4.74 Å². The predicted molar refractivity (Wildman–Crippen MR) is 79.6 cm³/mol. The highest BCUT2D eigenvalue weighted by atomic mass is 32.1. The van der Waals surface area contributed by atoms with E-state index in [-0.39, 0.29) is 5.97 Å². The Hall–Kier alpha value is -2.14. The van der Waals surface area contributed by atoms with Gasteiger partial charge in [-0.3, -0.25) is 4.57 Å². The lowest BCUT2D eigenvalue weighted by atomic mass is 10.3. The molecule has 0 saturated carbocycles. The maximum absolute atomic E-state index is 11.7. The van der Waals surface area contributed by atoms with E-state index in [2.05, 4.69) is 9.55 Å². The van der Waals surface area contributed by atoms with Gasteiger partial charge in [-0.15, -0.1) is 11.3 Å². The molecule has 0 aliphatic rings. The monoisotopic (exact) mass is 286 g/mol. The van der Waals surface area contributed by atoms with Crippen LogP contribution in [0.4, 0.5) is 0 Å². The van der Waals surface area contributed by atoms with Crippen LogP contribution in [0.5, 0.6) is 0 Å². The molecule has 4 nitrogen and oxygen atoms in total. The molecule has 0 atom stereocenters. The van der Waals surface area contributed by atoms with E-state index in [1.807, 2.05) is 42.6 Å². The Kier molecular flexibility index (Phi) is 3.28. The minimum atomic E-state index is -0.272. The van der Waals surface area contributed by atoms with Gasteiger partial charge >= 0.3 is 5.97 Å². The van der Waals surface area contributed by atoms with Crippen molar-refractivity contribution in [1.82, 2.24) is 9.55 Å². The number of benzene rings is 1. The smallest absolute Gasteiger partial charge is 0.348 e. The minimum absolute atomic E-state index is 0.272. The lowest BCUT2D eigenvalue weighted by molar-refractivity contribution is 0.0532. The molecule has 2 aromatic heterocycles. The summed E-state index contributed by atoms with van der Waals surface area (Å²) in [7, 11) is 0. The zero-order valence-electron chi connectivity index (χ0n) is 11.3. The molecule has 2 heterocycles. The van der Waals surface area contributed by atoms with Crippen molar-refractivity contribution in [3.8, 4) is 5.69 Å². The second kappa shape index (κ2) is 5.09. The van der Waals surface area contributed by atoms with Crippen LogP contribution < -0.4 is 0 Å². The normalized spacial score (nSPS) is 10.9. The zero-order valence-corrected chi connectivity index (χ0v) is 12.1. The van der Waals surface area contributed by atoms with Gasteiger partial charge in [0.05, 0.1) is 23.3 Å². The molecule has 20 heavy (non-hydrogen) atoms. The van der Waals surface area contributed by atoms with Crippen LogP contribution in [0, 0.1) is 6.92 Å². The standard InChI is InChI=1S/C15H14N2O2S/c1-3-19-15(18)14-8-11(9-20-14)17-10(2)16-12-6-4-5-7-13(12)17/h4-9H,3H2,1-2H3. The van der Waals surface area contributed by atoms with E-state index in [1.165, 1.54) is 11.3 Å². The number of esters is 1. The fraction of sp³-hybridized carbons (Fsp3) is 0.200.